The lowest BCUT2D eigenvalue weighted by Gasteiger charge is -2.44. The largest absolute Gasteiger partial charge is 0.858 e. The van der Waals surface area contributed by atoms with Crippen LogP contribution < -0.4 is 20.3 Å². The molecule has 3 aliphatic heterocycles. The number of benzene rings is 2. The predicted molar refractivity (Wildman–Crippen MR) is 148 cm³/mol. The lowest BCUT2D eigenvalue weighted by atomic mass is 9.83. The van der Waals surface area contributed by atoms with Crippen LogP contribution in [-0.2, 0) is 21.3 Å². The lowest BCUT2D eigenvalue weighted by molar-refractivity contribution is -0.213. The molecule has 1 aromatic heterocycles. The monoisotopic (exact) mass is 565 g/mol. The summed E-state index contributed by atoms with van der Waals surface area (Å²) in [6.45, 7) is 2.72. The standard InChI is InChI=1S/C29H31FN4O5S/c30-22-7-9-24(10-8-22)40(37,38)32-25-14-20(29(36)31-15-23-3-2-12-39-23)6-11-27(25)33-16-19-13-21(18-33)26-4-1-5-28(35)34(26)17-19/h1,4-11,14,19,21,23,32H,2-3,12-13,15-18H2,(H,31,36)/p-1. The van der Waals surface area contributed by atoms with E-state index < -0.39 is 21.7 Å². The fourth-order valence-corrected chi connectivity index (χ4v) is 7.07. The summed E-state index contributed by atoms with van der Waals surface area (Å²) in [6.07, 6.45) is 2.65. The third-order valence-electron chi connectivity index (χ3n) is 7.89. The van der Waals surface area contributed by atoms with Crippen molar-refractivity contribution in [1.29, 1.82) is 0 Å². The molecule has 4 heterocycles. The second-order valence-corrected chi connectivity index (χ2v) is 12.4. The quantitative estimate of drug-likeness (QED) is 0.348. The molecule has 0 saturated carbocycles. The zero-order valence-corrected chi connectivity index (χ0v) is 22.6. The van der Waals surface area contributed by atoms with Gasteiger partial charge >= 0.3 is 0 Å². The van der Waals surface area contributed by atoms with E-state index in [4.69, 9.17) is 4.74 Å². The van der Waals surface area contributed by atoms with Gasteiger partial charge in [-0.3, -0.25) is 14.5 Å². The van der Waals surface area contributed by atoms with Crippen LogP contribution in [0.1, 0.15) is 36.4 Å². The number of fused-ring (bicyclic) bond motifs is 4. The van der Waals surface area contributed by atoms with Gasteiger partial charge in [0.05, 0.1) is 28.9 Å². The van der Waals surface area contributed by atoms with Crippen molar-refractivity contribution < 1.29 is 22.7 Å². The summed E-state index contributed by atoms with van der Waals surface area (Å²) in [5.41, 5.74) is 2.09. The molecule has 2 saturated heterocycles. The number of aliphatic imine (C=N–C) groups is 1. The van der Waals surface area contributed by atoms with Crippen LogP contribution in [0.3, 0.4) is 0 Å². The van der Waals surface area contributed by atoms with Crippen molar-refractivity contribution in [1.82, 2.24) is 4.57 Å². The normalized spacial score (nSPS) is 22.7. The number of piperidine rings is 1. The molecule has 2 fully saturated rings. The van der Waals surface area contributed by atoms with Crippen molar-refractivity contribution in [2.45, 2.75) is 42.7 Å². The van der Waals surface area contributed by atoms with Crippen LogP contribution in [0.25, 0.3) is 0 Å². The maximum atomic E-state index is 13.5. The molecule has 0 amide bonds. The summed E-state index contributed by atoms with van der Waals surface area (Å²) in [5, 5.41) is 13.0. The fraction of sp³-hybridized carbons (Fsp3) is 0.379. The topological polar surface area (TPSA) is 116 Å². The Morgan fingerprint density at radius 3 is 2.70 bits per heavy atom. The molecule has 6 rings (SSSR count). The first-order valence-electron chi connectivity index (χ1n) is 13.5. The Kier molecular flexibility index (Phi) is 7.09. The van der Waals surface area contributed by atoms with Gasteiger partial charge in [0.25, 0.3) is 15.6 Å². The van der Waals surface area contributed by atoms with E-state index in [2.05, 4.69) is 14.6 Å². The van der Waals surface area contributed by atoms with Gasteiger partial charge in [-0.1, -0.05) is 12.1 Å². The van der Waals surface area contributed by atoms with Crippen molar-refractivity contribution in [2.75, 3.05) is 35.9 Å². The summed E-state index contributed by atoms with van der Waals surface area (Å²) >= 11 is 0. The zero-order chi connectivity index (χ0) is 27.9. The van der Waals surface area contributed by atoms with E-state index in [0.717, 1.165) is 37.1 Å². The number of hydrogen-bond donors (Lipinski definition) is 1. The molecular formula is C29H30FN4O5S-. The highest BCUT2D eigenvalue weighted by Crippen LogP contribution is 2.39. The molecule has 2 aromatic carbocycles. The van der Waals surface area contributed by atoms with E-state index in [-0.39, 0.29) is 46.2 Å². The first-order chi connectivity index (χ1) is 19.3. The fourth-order valence-electron chi connectivity index (χ4n) is 6.00. The molecule has 3 aromatic rings. The van der Waals surface area contributed by atoms with Gasteiger partial charge in [0.2, 0.25) is 0 Å². The molecule has 40 heavy (non-hydrogen) atoms. The summed E-state index contributed by atoms with van der Waals surface area (Å²) in [5.74, 6) is -0.686. The highest BCUT2D eigenvalue weighted by atomic mass is 32.2. The molecule has 3 unspecified atom stereocenters. The number of rotatable bonds is 7. The minimum atomic E-state index is -4.08. The number of nitrogens with zero attached hydrogens (tertiary/aromatic N) is 3. The smallest absolute Gasteiger partial charge is 0.261 e. The number of halogens is 1. The third-order valence-corrected chi connectivity index (χ3v) is 9.28. The van der Waals surface area contributed by atoms with Crippen LogP contribution in [0.4, 0.5) is 15.8 Å². The maximum absolute atomic E-state index is 13.5. The maximum Gasteiger partial charge on any atom is 0.261 e. The molecule has 0 radical (unpaired) electrons. The molecular weight excluding hydrogens is 535 g/mol. The Bertz CT molecular complexity index is 1600. The van der Waals surface area contributed by atoms with Crippen molar-refractivity contribution in [2.24, 2.45) is 10.9 Å². The lowest BCUT2D eigenvalue weighted by Crippen LogP contribution is -2.47. The van der Waals surface area contributed by atoms with Gasteiger partial charge in [-0.15, -0.1) is 0 Å². The summed E-state index contributed by atoms with van der Waals surface area (Å²) < 4.78 is 50.1. The molecule has 3 atom stereocenters. The Morgan fingerprint density at radius 2 is 1.93 bits per heavy atom. The predicted octanol–water partition coefficient (Wildman–Crippen LogP) is 2.70. The molecule has 0 spiro atoms. The van der Waals surface area contributed by atoms with Crippen molar-refractivity contribution in [3.63, 3.8) is 0 Å². The van der Waals surface area contributed by atoms with Gasteiger partial charge < -0.3 is 19.3 Å². The van der Waals surface area contributed by atoms with E-state index >= 15 is 0 Å². The van der Waals surface area contributed by atoms with Crippen LogP contribution >= 0.6 is 0 Å². The minimum Gasteiger partial charge on any atom is -0.858 e. The van der Waals surface area contributed by atoms with Gasteiger partial charge in [-0.25, -0.2) is 12.8 Å². The summed E-state index contributed by atoms with van der Waals surface area (Å²) in [4.78, 5) is 18.6. The van der Waals surface area contributed by atoms with Crippen LogP contribution in [0.15, 0.2) is 75.3 Å². The third kappa shape index (κ3) is 5.35. The number of pyridine rings is 1. The van der Waals surface area contributed by atoms with E-state index in [1.54, 1.807) is 24.3 Å². The number of nitrogens with one attached hydrogen (secondary N) is 1. The van der Waals surface area contributed by atoms with E-state index in [1.165, 1.54) is 18.2 Å². The van der Waals surface area contributed by atoms with Crippen molar-refractivity contribution in [3.8, 4) is 0 Å². The first-order valence-corrected chi connectivity index (χ1v) is 15.0. The van der Waals surface area contributed by atoms with Crippen molar-refractivity contribution in [3.05, 3.63) is 88.1 Å². The van der Waals surface area contributed by atoms with Gasteiger partial charge in [-0.2, -0.15) is 0 Å². The Hall–Kier alpha value is -3.70. The highest BCUT2D eigenvalue weighted by Gasteiger charge is 2.35. The van der Waals surface area contributed by atoms with Gasteiger partial charge in [-0.05, 0) is 79.1 Å². The Balaban J connectivity index is 1.34. The van der Waals surface area contributed by atoms with E-state index in [1.807, 2.05) is 10.6 Å². The first kappa shape index (κ1) is 26.5. The average molecular weight is 566 g/mol. The number of aromatic nitrogens is 1. The number of sulfonamides is 1. The molecule has 9 nitrogen and oxygen atoms in total. The summed E-state index contributed by atoms with van der Waals surface area (Å²) in [6, 6.07) is 14.8. The van der Waals surface area contributed by atoms with Crippen LogP contribution in [0.5, 0.6) is 0 Å². The highest BCUT2D eigenvalue weighted by molar-refractivity contribution is 7.92. The molecule has 2 bridgehead atoms. The van der Waals surface area contributed by atoms with E-state index in [0.29, 0.717) is 31.9 Å². The second kappa shape index (κ2) is 10.7. The SMILES string of the molecule is O=c1cccc2n1CC1CC2CN(c2ccc(C([O-])=NCC3CCCO3)cc2NS(=O)(=O)c2ccc(F)cc2)C1. The van der Waals surface area contributed by atoms with Gasteiger partial charge in [0.1, 0.15) is 5.82 Å². The number of ether oxygens (including phenoxy) is 1. The van der Waals surface area contributed by atoms with Gasteiger partial charge in [0, 0.05) is 43.9 Å². The molecule has 1 N–H and O–H groups in total. The van der Waals surface area contributed by atoms with Gasteiger partial charge in [0.15, 0.2) is 0 Å². The average Bonchev–Trinajstić information content (AvgIpc) is 3.46. The van der Waals surface area contributed by atoms with E-state index in [9.17, 15) is 22.7 Å². The number of hydrogen-bond acceptors (Lipinski definition) is 7. The Morgan fingerprint density at radius 1 is 1.10 bits per heavy atom. The molecule has 210 valence electrons. The van der Waals surface area contributed by atoms with Crippen LogP contribution in [0.2, 0.25) is 0 Å². The zero-order valence-electron chi connectivity index (χ0n) is 21.8. The second-order valence-electron chi connectivity index (χ2n) is 10.7. The Labute approximate surface area is 232 Å². The number of anilines is 2. The van der Waals surface area contributed by atoms with Crippen molar-refractivity contribution >= 4 is 27.3 Å². The van der Waals surface area contributed by atoms with Crippen LogP contribution in [0, 0.1) is 11.7 Å². The minimum absolute atomic E-state index is 0.0111. The molecule has 3 aliphatic rings. The molecule has 11 heteroatoms. The molecule has 0 aliphatic carbocycles. The summed E-state index contributed by atoms with van der Waals surface area (Å²) in [7, 11) is -4.08. The van der Waals surface area contributed by atoms with Crippen LogP contribution in [-0.4, -0.2) is 51.2 Å².